The first-order chi connectivity index (χ1) is 9.67. The van der Waals surface area contributed by atoms with Gasteiger partial charge in [-0.25, -0.2) is 0 Å². The predicted molar refractivity (Wildman–Crippen MR) is 79.7 cm³/mol. The fraction of sp³-hybridized carbons (Fsp3) is 0.600. The third-order valence-corrected chi connectivity index (χ3v) is 4.16. The standard InChI is InChI=1S/C15H23N3O2/c1-3-17-9-5-7-13(11-16-2)15(17)12-6-4-8-14(10-12)18(19)20/h4,6,8,10,13,15-16H,3,5,7,9,11H2,1-2H3. The first-order valence-electron chi connectivity index (χ1n) is 7.30. The number of benzene rings is 1. The van der Waals surface area contributed by atoms with Gasteiger partial charge >= 0.3 is 0 Å². The number of non-ortho nitro benzene ring substituents is 1. The Morgan fingerprint density at radius 3 is 2.95 bits per heavy atom. The van der Waals surface area contributed by atoms with E-state index in [1.54, 1.807) is 18.2 Å². The normalized spacial score (nSPS) is 23.7. The minimum absolute atomic E-state index is 0.187. The summed E-state index contributed by atoms with van der Waals surface area (Å²) in [4.78, 5) is 13.1. The molecular formula is C15H23N3O2. The van der Waals surface area contributed by atoms with Crippen LogP contribution in [0.25, 0.3) is 0 Å². The van der Waals surface area contributed by atoms with E-state index in [1.165, 1.54) is 12.8 Å². The van der Waals surface area contributed by atoms with E-state index in [0.717, 1.165) is 25.2 Å². The molecule has 2 atom stereocenters. The van der Waals surface area contributed by atoms with E-state index in [0.29, 0.717) is 5.92 Å². The zero-order valence-electron chi connectivity index (χ0n) is 12.2. The van der Waals surface area contributed by atoms with Crippen molar-refractivity contribution in [3.63, 3.8) is 0 Å². The van der Waals surface area contributed by atoms with Crippen molar-refractivity contribution < 1.29 is 4.92 Å². The molecule has 2 rings (SSSR count). The Morgan fingerprint density at radius 2 is 2.30 bits per heavy atom. The van der Waals surface area contributed by atoms with E-state index in [-0.39, 0.29) is 16.7 Å². The molecule has 0 radical (unpaired) electrons. The Labute approximate surface area is 120 Å². The number of nitrogens with one attached hydrogen (secondary N) is 1. The highest BCUT2D eigenvalue weighted by Gasteiger charge is 2.31. The number of rotatable bonds is 5. The molecule has 1 aliphatic heterocycles. The van der Waals surface area contributed by atoms with E-state index in [2.05, 4.69) is 17.1 Å². The van der Waals surface area contributed by atoms with Crippen molar-refractivity contribution in [3.05, 3.63) is 39.9 Å². The molecule has 110 valence electrons. The van der Waals surface area contributed by atoms with Crippen LogP contribution in [0.1, 0.15) is 31.4 Å². The summed E-state index contributed by atoms with van der Waals surface area (Å²) in [6.45, 7) is 5.16. The Morgan fingerprint density at radius 1 is 1.50 bits per heavy atom. The molecule has 5 heteroatoms. The van der Waals surface area contributed by atoms with Crippen molar-refractivity contribution in [2.45, 2.75) is 25.8 Å². The molecule has 1 fully saturated rings. The van der Waals surface area contributed by atoms with Crippen molar-refractivity contribution in [2.75, 3.05) is 26.7 Å². The van der Waals surface area contributed by atoms with Crippen LogP contribution in [0.3, 0.4) is 0 Å². The van der Waals surface area contributed by atoms with Crippen molar-refractivity contribution >= 4 is 5.69 Å². The molecule has 0 amide bonds. The molecule has 1 heterocycles. The van der Waals surface area contributed by atoms with Gasteiger partial charge in [-0.1, -0.05) is 19.1 Å². The number of nitro groups is 1. The summed E-state index contributed by atoms with van der Waals surface area (Å²) < 4.78 is 0. The van der Waals surface area contributed by atoms with Gasteiger partial charge in [0.2, 0.25) is 0 Å². The highest BCUT2D eigenvalue weighted by molar-refractivity contribution is 5.36. The summed E-state index contributed by atoms with van der Waals surface area (Å²) in [5.74, 6) is 0.510. The van der Waals surface area contributed by atoms with Crippen LogP contribution in [0.15, 0.2) is 24.3 Å². The van der Waals surface area contributed by atoms with Crippen LogP contribution >= 0.6 is 0 Å². The minimum Gasteiger partial charge on any atom is -0.319 e. The molecule has 0 aromatic heterocycles. The SMILES string of the molecule is CCN1CCCC(CNC)C1c1cccc([N+](=O)[O-])c1. The summed E-state index contributed by atoms with van der Waals surface area (Å²) in [7, 11) is 1.97. The lowest BCUT2D eigenvalue weighted by atomic mass is 9.84. The summed E-state index contributed by atoms with van der Waals surface area (Å²) in [5.41, 5.74) is 1.26. The van der Waals surface area contributed by atoms with Crippen molar-refractivity contribution in [1.82, 2.24) is 10.2 Å². The zero-order valence-corrected chi connectivity index (χ0v) is 12.2. The van der Waals surface area contributed by atoms with Gasteiger partial charge in [-0.05, 0) is 51.0 Å². The van der Waals surface area contributed by atoms with E-state index < -0.39 is 0 Å². The van der Waals surface area contributed by atoms with Crippen LogP contribution in [0, 0.1) is 16.0 Å². The van der Waals surface area contributed by atoms with Crippen LogP contribution in [0.2, 0.25) is 0 Å². The van der Waals surface area contributed by atoms with E-state index >= 15 is 0 Å². The average Bonchev–Trinajstić information content (AvgIpc) is 2.47. The van der Waals surface area contributed by atoms with E-state index in [4.69, 9.17) is 0 Å². The lowest BCUT2D eigenvalue weighted by Gasteiger charge is -2.41. The molecule has 1 saturated heterocycles. The second kappa shape index (κ2) is 6.81. The van der Waals surface area contributed by atoms with Crippen LogP contribution < -0.4 is 5.32 Å². The summed E-state index contributed by atoms with van der Waals surface area (Å²) in [5, 5.41) is 14.2. The van der Waals surface area contributed by atoms with E-state index in [9.17, 15) is 10.1 Å². The van der Waals surface area contributed by atoms with Gasteiger partial charge in [-0.15, -0.1) is 0 Å². The maximum atomic E-state index is 11.0. The molecule has 20 heavy (non-hydrogen) atoms. The number of piperidine rings is 1. The second-order valence-corrected chi connectivity index (χ2v) is 5.39. The first kappa shape index (κ1) is 14.9. The fourth-order valence-corrected chi connectivity index (χ4v) is 3.29. The number of likely N-dealkylation sites (tertiary alicyclic amines) is 1. The van der Waals surface area contributed by atoms with Crippen LogP contribution in [-0.4, -0.2) is 36.5 Å². The number of hydrogen-bond donors (Lipinski definition) is 1. The lowest BCUT2D eigenvalue weighted by molar-refractivity contribution is -0.385. The van der Waals surface area contributed by atoms with Crippen LogP contribution in [-0.2, 0) is 0 Å². The van der Waals surface area contributed by atoms with Gasteiger partial charge in [0, 0.05) is 18.2 Å². The second-order valence-electron chi connectivity index (χ2n) is 5.39. The Kier molecular flexibility index (Phi) is 5.09. The van der Waals surface area contributed by atoms with Gasteiger partial charge in [0.15, 0.2) is 0 Å². The molecule has 1 N–H and O–H groups in total. The van der Waals surface area contributed by atoms with Crippen LogP contribution in [0.5, 0.6) is 0 Å². The molecule has 1 aromatic carbocycles. The third-order valence-electron chi connectivity index (χ3n) is 4.16. The average molecular weight is 277 g/mol. The highest BCUT2D eigenvalue weighted by Crippen LogP contribution is 2.36. The van der Waals surface area contributed by atoms with Gasteiger partial charge in [0.25, 0.3) is 5.69 Å². The molecule has 0 aliphatic carbocycles. The molecule has 5 nitrogen and oxygen atoms in total. The largest absolute Gasteiger partial charge is 0.319 e. The maximum absolute atomic E-state index is 11.0. The van der Waals surface area contributed by atoms with Crippen molar-refractivity contribution in [1.29, 1.82) is 0 Å². The molecule has 0 saturated carbocycles. The number of nitrogens with zero attached hydrogens (tertiary/aromatic N) is 2. The molecule has 0 spiro atoms. The maximum Gasteiger partial charge on any atom is 0.269 e. The smallest absolute Gasteiger partial charge is 0.269 e. The summed E-state index contributed by atoms with van der Waals surface area (Å²) in [6.07, 6.45) is 2.37. The third kappa shape index (κ3) is 3.16. The molecule has 1 aromatic rings. The number of nitro benzene ring substituents is 1. The Hall–Kier alpha value is -1.46. The van der Waals surface area contributed by atoms with Gasteiger partial charge in [-0.3, -0.25) is 15.0 Å². The first-order valence-corrected chi connectivity index (χ1v) is 7.30. The van der Waals surface area contributed by atoms with Crippen molar-refractivity contribution in [3.8, 4) is 0 Å². The fourth-order valence-electron chi connectivity index (χ4n) is 3.29. The quantitative estimate of drug-likeness (QED) is 0.664. The number of hydrogen-bond acceptors (Lipinski definition) is 4. The molecule has 1 aliphatic rings. The predicted octanol–water partition coefficient (Wildman–Crippen LogP) is 2.59. The zero-order chi connectivity index (χ0) is 14.5. The molecule has 0 bridgehead atoms. The summed E-state index contributed by atoms with van der Waals surface area (Å²) in [6, 6.07) is 7.40. The summed E-state index contributed by atoms with van der Waals surface area (Å²) >= 11 is 0. The minimum atomic E-state index is -0.310. The van der Waals surface area contributed by atoms with E-state index in [1.807, 2.05) is 13.1 Å². The van der Waals surface area contributed by atoms with Gasteiger partial charge in [0.1, 0.15) is 0 Å². The molecule has 2 unspecified atom stereocenters. The van der Waals surface area contributed by atoms with Gasteiger partial charge in [0.05, 0.1) is 4.92 Å². The van der Waals surface area contributed by atoms with Gasteiger partial charge < -0.3 is 5.32 Å². The topological polar surface area (TPSA) is 58.4 Å². The monoisotopic (exact) mass is 277 g/mol. The van der Waals surface area contributed by atoms with Crippen molar-refractivity contribution in [2.24, 2.45) is 5.92 Å². The van der Waals surface area contributed by atoms with Crippen LogP contribution in [0.4, 0.5) is 5.69 Å². The van der Waals surface area contributed by atoms with Gasteiger partial charge in [-0.2, -0.15) is 0 Å². The lowest BCUT2D eigenvalue weighted by Crippen LogP contribution is -2.42. The Bertz CT molecular complexity index is 462. The Balaban J connectivity index is 2.32. The highest BCUT2D eigenvalue weighted by atomic mass is 16.6. The molecular weight excluding hydrogens is 254 g/mol.